The van der Waals surface area contributed by atoms with Crippen LogP contribution in [0.25, 0.3) is 0 Å². The summed E-state index contributed by atoms with van der Waals surface area (Å²) in [6.45, 7) is 1.86. The maximum atomic E-state index is 12.6. The molecule has 3 aliphatic heterocycles. The molecule has 8 heteroatoms. The van der Waals surface area contributed by atoms with E-state index >= 15 is 0 Å². The Morgan fingerprint density at radius 2 is 2.21 bits per heavy atom. The van der Waals surface area contributed by atoms with Crippen LogP contribution in [0.3, 0.4) is 0 Å². The number of benzene rings is 1. The maximum absolute atomic E-state index is 12.6. The average Bonchev–Trinajstić information content (AvgIpc) is 3.30. The van der Waals surface area contributed by atoms with E-state index in [9.17, 15) is 19.5 Å². The lowest BCUT2D eigenvalue weighted by molar-refractivity contribution is -0.157. The molecule has 150 valence electrons. The Kier molecular flexibility index (Phi) is 4.97. The van der Waals surface area contributed by atoms with Gasteiger partial charge in [0.25, 0.3) is 5.91 Å². The molecule has 28 heavy (non-hydrogen) atoms. The van der Waals surface area contributed by atoms with Crippen LogP contribution >= 0.6 is 0 Å². The van der Waals surface area contributed by atoms with Crippen LogP contribution in [0.4, 0.5) is 5.69 Å². The third kappa shape index (κ3) is 3.32. The largest absolute Gasteiger partial charge is 0.484 e. The minimum absolute atomic E-state index is 0.0917. The minimum Gasteiger partial charge on any atom is -0.484 e. The zero-order valence-corrected chi connectivity index (χ0v) is 15.6. The molecule has 2 atom stereocenters. The molecule has 0 aliphatic carbocycles. The van der Waals surface area contributed by atoms with Gasteiger partial charge in [0.05, 0.1) is 12.0 Å². The fraction of sp³-hybridized carbons (Fsp3) is 0.550. The van der Waals surface area contributed by atoms with E-state index in [1.807, 2.05) is 6.07 Å². The van der Waals surface area contributed by atoms with Gasteiger partial charge < -0.3 is 24.4 Å². The molecule has 2 amide bonds. The second-order valence-electron chi connectivity index (χ2n) is 7.69. The van der Waals surface area contributed by atoms with Crippen LogP contribution in [0.5, 0.6) is 5.75 Å². The Morgan fingerprint density at radius 3 is 2.93 bits per heavy atom. The predicted molar refractivity (Wildman–Crippen MR) is 99.1 cm³/mol. The minimum atomic E-state index is -0.913. The number of likely N-dealkylation sites (tertiary alicyclic amines) is 1. The molecule has 1 aromatic carbocycles. The molecule has 0 saturated carbocycles. The van der Waals surface area contributed by atoms with Gasteiger partial charge in [-0.1, -0.05) is 6.07 Å². The van der Waals surface area contributed by atoms with E-state index < -0.39 is 11.4 Å². The van der Waals surface area contributed by atoms with Gasteiger partial charge in [0.1, 0.15) is 5.75 Å². The molecule has 3 fully saturated rings. The summed E-state index contributed by atoms with van der Waals surface area (Å²) in [5.74, 6) is -0.683. The number of fused-ring (bicyclic) bond motifs is 1. The van der Waals surface area contributed by atoms with Crippen LogP contribution in [0, 0.1) is 11.3 Å². The van der Waals surface area contributed by atoms with Crippen LogP contribution in [-0.2, 0) is 19.1 Å². The van der Waals surface area contributed by atoms with Gasteiger partial charge in [-0.15, -0.1) is 0 Å². The van der Waals surface area contributed by atoms with Crippen molar-refractivity contribution in [3.8, 4) is 5.75 Å². The smallest absolute Gasteiger partial charge is 0.311 e. The fourth-order valence-corrected chi connectivity index (χ4v) is 4.39. The third-order valence-corrected chi connectivity index (χ3v) is 6.05. The summed E-state index contributed by atoms with van der Waals surface area (Å²) in [6, 6.07) is 7.14. The van der Waals surface area contributed by atoms with Crippen molar-refractivity contribution in [3.05, 3.63) is 24.3 Å². The van der Waals surface area contributed by atoms with Crippen LogP contribution in [-0.4, -0.2) is 67.2 Å². The van der Waals surface area contributed by atoms with Gasteiger partial charge in [-0.05, 0) is 25.0 Å². The predicted octanol–water partition coefficient (Wildman–Crippen LogP) is 1.14. The molecular formula is C20H24N2O6. The fourth-order valence-electron chi connectivity index (χ4n) is 4.39. The van der Waals surface area contributed by atoms with Crippen LogP contribution in [0.1, 0.15) is 19.3 Å². The van der Waals surface area contributed by atoms with Crippen molar-refractivity contribution in [2.75, 3.05) is 44.4 Å². The zero-order valence-electron chi connectivity index (χ0n) is 15.6. The molecule has 1 N–H and O–H groups in total. The van der Waals surface area contributed by atoms with E-state index in [1.54, 1.807) is 28.0 Å². The van der Waals surface area contributed by atoms with Gasteiger partial charge in [0.2, 0.25) is 5.91 Å². The molecule has 0 bridgehead atoms. The molecule has 1 aromatic rings. The highest BCUT2D eigenvalue weighted by atomic mass is 16.5. The van der Waals surface area contributed by atoms with Crippen molar-refractivity contribution in [2.45, 2.75) is 19.3 Å². The van der Waals surface area contributed by atoms with Crippen molar-refractivity contribution in [1.82, 2.24) is 4.90 Å². The summed E-state index contributed by atoms with van der Waals surface area (Å²) in [4.78, 5) is 39.7. The third-order valence-electron chi connectivity index (χ3n) is 6.05. The molecule has 0 unspecified atom stereocenters. The van der Waals surface area contributed by atoms with Gasteiger partial charge >= 0.3 is 5.97 Å². The van der Waals surface area contributed by atoms with E-state index in [0.29, 0.717) is 44.9 Å². The molecular weight excluding hydrogens is 364 g/mol. The quantitative estimate of drug-likeness (QED) is 0.813. The molecule has 0 aromatic heterocycles. The monoisotopic (exact) mass is 388 g/mol. The summed E-state index contributed by atoms with van der Waals surface area (Å²) in [5, 5.41) is 9.71. The van der Waals surface area contributed by atoms with Crippen LogP contribution < -0.4 is 9.64 Å². The first-order chi connectivity index (χ1) is 13.5. The van der Waals surface area contributed by atoms with E-state index in [2.05, 4.69) is 0 Å². The van der Waals surface area contributed by atoms with Gasteiger partial charge in [-0.3, -0.25) is 14.4 Å². The standard InChI is InChI=1S/C20H24N2O6/c23-17-5-2-7-22(17)15-3-1-4-16(9-15)28-12-18(24)21-10-14-11-27-8-6-20(14,13-21)19(25)26/h1,3-4,9,14H,2,5-8,10-13H2,(H,25,26)/t14-,20+/m0/s1. The maximum Gasteiger partial charge on any atom is 0.311 e. The highest BCUT2D eigenvalue weighted by Gasteiger charge is 2.54. The van der Waals surface area contributed by atoms with Crippen LogP contribution in [0.2, 0.25) is 0 Å². The Bertz CT molecular complexity index is 797. The number of carboxylic acid groups (broad SMARTS) is 1. The first kappa shape index (κ1) is 18.7. The van der Waals surface area contributed by atoms with Gasteiger partial charge in [-0.2, -0.15) is 0 Å². The number of hydrogen-bond donors (Lipinski definition) is 1. The highest BCUT2D eigenvalue weighted by molar-refractivity contribution is 5.95. The van der Waals surface area contributed by atoms with Gasteiger partial charge in [0, 0.05) is 50.3 Å². The summed E-state index contributed by atoms with van der Waals surface area (Å²) in [5.41, 5.74) is -0.147. The Hall–Kier alpha value is -2.61. The second kappa shape index (κ2) is 7.43. The SMILES string of the molecule is O=C(COc1cccc(N2CCCC2=O)c1)N1C[C@H]2COCC[C@@]2(C(=O)O)C1. The first-order valence-corrected chi connectivity index (χ1v) is 9.62. The molecule has 4 rings (SSSR count). The number of nitrogens with zero attached hydrogens (tertiary/aromatic N) is 2. The number of carbonyl (C=O) groups excluding carboxylic acids is 2. The van der Waals surface area contributed by atoms with Crippen molar-refractivity contribution >= 4 is 23.5 Å². The van der Waals surface area contributed by atoms with E-state index in [4.69, 9.17) is 9.47 Å². The lowest BCUT2D eigenvalue weighted by atomic mass is 9.74. The molecule has 3 saturated heterocycles. The number of aliphatic carboxylic acids is 1. The molecule has 8 nitrogen and oxygen atoms in total. The van der Waals surface area contributed by atoms with Crippen molar-refractivity contribution in [2.24, 2.45) is 11.3 Å². The highest BCUT2D eigenvalue weighted by Crippen LogP contribution is 2.42. The summed E-state index contributed by atoms with van der Waals surface area (Å²) >= 11 is 0. The molecule has 0 radical (unpaired) electrons. The number of anilines is 1. The molecule has 0 spiro atoms. The van der Waals surface area contributed by atoms with E-state index in [1.165, 1.54) is 0 Å². The lowest BCUT2D eigenvalue weighted by Crippen LogP contribution is -2.45. The van der Waals surface area contributed by atoms with Crippen LogP contribution in [0.15, 0.2) is 24.3 Å². The number of ether oxygens (including phenoxy) is 2. The Labute approximate surface area is 163 Å². The number of amides is 2. The van der Waals surface area contributed by atoms with Crippen molar-refractivity contribution < 1.29 is 29.0 Å². The molecule has 3 heterocycles. The Morgan fingerprint density at radius 1 is 1.36 bits per heavy atom. The normalized spacial score (nSPS) is 27.0. The molecule has 3 aliphatic rings. The second-order valence-corrected chi connectivity index (χ2v) is 7.69. The number of carboxylic acids is 1. The van der Waals surface area contributed by atoms with Gasteiger partial charge in [-0.25, -0.2) is 0 Å². The van der Waals surface area contributed by atoms with Crippen molar-refractivity contribution in [3.63, 3.8) is 0 Å². The summed E-state index contributed by atoms with van der Waals surface area (Å²) in [7, 11) is 0. The summed E-state index contributed by atoms with van der Waals surface area (Å²) < 4.78 is 11.1. The topological polar surface area (TPSA) is 96.4 Å². The number of rotatable bonds is 5. The van der Waals surface area contributed by atoms with Crippen molar-refractivity contribution in [1.29, 1.82) is 0 Å². The lowest BCUT2D eigenvalue weighted by Gasteiger charge is -2.33. The number of carbonyl (C=O) groups is 3. The average molecular weight is 388 g/mol. The van der Waals surface area contributed by atoms with E-state index in [-0.39, 0.29) is 30.9 Å². The summed E-state index contributed by atoms with van der Waals surface area (Å²) in [6.07, 6.45) is 1.81. The first-order valence-electron chi connectivity index (χ1n) is 9.62. The van der Waals surface area contributed by atoms with Gasteiger partial charge in [0.15, 0.2) is 6.61 Å². The zero-order chi connectivity index (χ0) is 19.7. The number of hydrogen-bond acceptors (Lipinski definition) is 5. The van der Waals surface area contributed by atoms with E-state index in [0.717, 1.165) is 12.1 Å². The Balaban J connectivity index is 1.39.